The van der Waals surface area contributed by atoms with Gasteiger partial charge in [0.15, 0.2) is 4.77 Å². The number of rotatable bonds is 3. The molecule has 0 spiro atoms. The molecule has 6 nitrogen and oxygen atoms in total. The number of benzene rings is 1. The van der Waals surface area contributed by atoms with Gasteiger partial charge >= 0.3 is 0 Å². The molecular weight excluding hydrogens is 389 g/mol. The van der Waals surface area contributed by atoms with Crippen molar-refractivity contribution in [3.05, 3.63) is 70.5 Å². The zero-order valence-corrected chi connectivity index (χ0v) is 16.5. The maximum absolute atomic E-state index is 15.2. The van der Waals surface area contributed by atoms with Gasteiger partial charge in [-0.15, -0.1) is 0 Å². The molecule has 0 fully saturated rings. The molecule has 0 radical (unpaired) electrons. The maximum atomic E-state index is 15.2. The molecule has 4 heterocycles. The quantitative estimate of drug-likeness (QED) is 0.423. The van der Waals surface area contributed by atoms with E-state index in [0.29, 0.717) is 44.8 Å². The lowest BCUT2D eigenvalue weighted by atomic mass is 10.0. The predicted octanol–water partition coefficient (Wildman–Crippen LogP) is 5.10. The second-order valence-corrected chi connectivity index (χ2v) is 7.29. The number of hydrogen-bond donors (Lipinski definition) is 1. The molecule has 0 amide bonds. The van der Waals surface area contributed by atoms with Crippen molar-refractivity contribution in [1.29, 1.82) is 0 Å². The van der Waals surface area contributed by atoms with E-state index in [0.717, 1.165) is 16.7 Å². The van der Waals surface area contributed by atoms with E-state index in [-0.39, 0.29) is 5.82 Å². The number of pyridine rings is 2. The molecule has 5 aromatic rings. The van der Waals surface area contributed by atoms with Crippen LogP contribution in [0.4, 0.5) is 4.39 Å². The van der Waals surface area contributed by atoms with Crippen LogP contribution in [0.1, 0.15) is 17.1 Å². The lowest BCUT2D eigenvalue weighted by Crippen LogP contribution is -2.02. The topological polar surface area (TPSA) is 72.5 Å². The third kappa shape index (κ3) is 2.84. The van der Waals surface area contributed by atoms with Crippen LogP contribution in [0.15, 0.2) is 47.2 Å². The van der Waals surface area contributed by atoms with Gasteiger partial charge in [0.2, 0.25) is 0 Å². The number of nitrogens with one attached hydrogen (secondary N) is 1. The first-order valence-corrected chi connectivity index (χ1v) is 9.47. The SMILES string of the molecule is Cc1noc(C)c1-c1cc2ncc3[nH]c(=S)n(Cc4ccccn4)c3c2cc1F. The Morgan fingerprint density at radius 3 is 2.79 bits per heavy atom. The van der Waals surface area contributed by atoms with Gasteiger partial charge in [0.25, 0.3) is 0 Å². The minimum Gasteiger partial charge on any atom is -0.361 e. The van der Waals surface area contributed by atoms with Crippen LogP contribution in [0.25, 0.3) is 33.1 Å². The summed E-state index contributed by atoms with van der Waals surface area (Å²) in [5.41, 5.74) is 4.80. The van der Waals surface area contributed by atoms with Gasteiger partial charge in [-0.2, -0.15) is 0 Å². The number of halogens is 1. The Bertz CT molecular complexity index is 1420. The molecular formula is C21H16FN5OS. The maximum Gasteiger partial charge on any atom is 0.178 e. The van der Waals surface area contributed by atoms with E-state index in [1.807, 2.05) is 22.8 Å². The molecule has 0 saturated carbocycles. The number of H-pyrrole nitrogens is 1. The molecule has 1 N–H and O–H groups in total. The summed E-state index contributed by atoms with van der Waals surface area (Å²) in [6, 6.07) is 8.96. The molecule has 0 unspecified atom stereocenters. The Kier molecular flexibility index (Phi) is 4.02. The summed E-state index contributed by atoms with van der Waals surface area (Å²) in [5, 5.41) is 4.62. The average Bonchev–Trinajstić information content (AvgIpc) is 3.21. The average molecular weight is 405 g/mol. The van der Waals surface area contributed by atoms with Crippen LogP contribution in [0.3, 0.4) is 0 Å². The number of aromatic amines is 1. The fourth-order valence-electron chi connectivity index (χ4n) is 3.73. The van der Waals surface area contributed by atoms with Crippen LogP contribution in [-0.4, -0.2) is 24.7 Å². The first-order chi connectivity index (χ1) is 14.0. The van der Waals surface area contributed by atoms with Crippen LogP contribution in [0.5, 0.6) is 0 Å². The summed E-state index contributed by atoms with van der Waals surface area (Å²) >= 11 is 5.51. The zero-order chi connectivity index (χ0) is 20.1. The van der Waals surface area contributed by atoms with Crippen LogP contribution in [0.2, 0.25) is 0 Å². The van der Waals surface area contributed by atoms with Gasteiger partial charge in [0.1, 0.15) is 11.6 Å². The van der Waals surface area contributed by atoms with Gasteiger partial charge in [0.05, 0.1) is 46.2 Å². The fourth-order valence-corrected chi connectivity index (χ4v) is 3.99. The van der Waals surface area contributed by atoms with Gasteiger partial charge in [-0.05, 0) is 50.3 Å². The summed E-state index contributed by atoms with van der Waals surface area (Å²) in [7, 11) is 0. The summed E-state index contributed by atoms with van der Waals surface area (Å²) in [6.07, 6.45) is 3.46. The van der Waals surface area contributed by atoms with Gasteiger partial charge in [-0.1, -0.05) is 11.2 Å². The number of aromatic nitrogens is 5. The van der Waals surface area contributed by atoms with Crippen molar-refractivity contribution >= 4 is 34.2 Å². The highest BCUT2D eigenvalue weighted by molar-refractivity contribution is 7.71. The molecule has 0 bridgehead atoms. The van der Waals surface area contributed by atoms with Crippen LogP contribution < -0.4 is 0 Å². The smallest absolute Gasteiger partial charge is 0.178 e. The summed E-state index contributed by atoms with van der Waals surface area (Å²) in [6.45, 7) is 4.04. The van der Waals surface area contributed by atoms with Gasteiger partial charge in [-0.25, -0.2) is 4.39 Å². The molecule has 4 aromatic heterocycles. The molecule has 0 aliphatic heterocycles. The molecule has 0 aliphatic rings. The third-order valence-corrected chi connectivity index (χ3v) is 5.36. The first-order valence-electron chi connectivity index (χ1n) is 9.07. The van der Waals surface area contributed by atoms with E-state index in [1.165, 1.54) is 6.07 Å². The molecule has 1 aromatic carbocycles. The van der Waals surface area contributed by atoms with Crippen molar-refractivity contribution in [1.82, 2.24) is 24.7 Å². The summed E-state index contributed by atoms with van der Waals surface area (Å²) in [4.78, 5) is 12.1. The molecule has 0 saturated heterocycles. The molecule has 29 heavy (non-hydrogen) atoms. The highest BCUT2D eigenvalue weighted by Gasteiger charge is 2.19. The van der Waals surface area contributed by atoms with E-state index in [2.05, 4.69) is 20.1 Å². The van der Waals surface area contributed by atoms with E-state index >= 15 is 4.39 Å². The summed E-state index contributed by atoms with van der Waals surface area (Å²) < 4.78 is 22.8. The number of imidazole rings is 1. The van der Waals surface area contributed by atoms with E-state index < -0.39 is 0 Å². The lowest BCUT2D eigenvalue weighted by molar-refractivity contribution is 0.393. The lowest BCUT2D eigenvalue weighted by Gasteiger charge is -2.09. The monoisotopic (exact) mass is 405 g/mol. The fraction of sp³-hybridized carbons (Fsp3) is 0.143. The number of hydrogen-bond acceptors (Lipinski definition) is 5. The Labute approximate surface area is 170 Å². The first kappa shape index (κ1) is 17.7. The van der Waals surface area contributed by atoms with Crippen molar-refractivity contribution in [2.24, 2.45) is 0 Å². The molecule has 5 rings (SSSR count). The minimum atomic E-state index is -0.363. The molecule has 144 valence electrons. The van der Waals surface area contributed by atoms with Crippen LogP contribution >= 0.6 is 12.2 Å². The standard InChI is InChI=1S/C21H16FN5OS/c1-11-19(12(2)28-26-11)14-8-17-15(7-16(14)22)20-18(9-24-17)25-21(29)27(20)10-13-5-3-4-6-23-13/h3-9H,10H2,1-2H3,(H,25,29). The zero-order valence-electron chi connectivity index (χ0n) is 15.7. The third-order valence-electron chi connectivity index (χ3n) is 5.03. The molecule has 0 atom stereocenters. The van der Waals surface area contributed by atoms with Crippen molar-refractivity contribution in [2.75, 3.05) is 0 Å². The highest BCUT2D eigenvalue weighted by Crippen LogP contribution is 2.34. The molecule has 8 heteroatoms. The van der Waals surface area contributed by atoms with Crippen molar-refractivity contribution < 1.29 is 8.91 Å². The second-order valence-electron chi connectivity index (χ2n) is 6.91. The van der Waals surface area contributed by atoms with Gasteiger partial charge < -0.3 is 14.1 Å². The number of fused-ring (bicyclic) bond motifs is 3. The molecule has 0 aliphatic carbocycles. The second kappa shape index (κ2) is 6.59. The summed E-state index contributed by atoms with van der Waals surface area (Å²) in [5.74, 6) is 0.208. The highest BCUT2D eigenvalue weighted by atomic mass is 32.1. The Hall–Kier alpha value is -3.39. The normalized spacial score (nSPS) is 11.6. The van der Waals surface area contributed by atoms with Gasteiger partial charge in [0, 0.05) is 17.1 Å². The van der Waals surface area contributed by atoms with E-state index in [1.54, 1.807) is 32.3 Å². The predicted molar refractivity (Wildman–Crippen MR) is 111 cm³/mol. The Morgan fingerprint density at radius 2 is 2.07 bits per heavy atom. The largest absolute Gasteiger partial charge is 0.361 e. The Morgan fingerprint density at radius 1 is 1.21 bits per heavy atom. The minimum absolute atomic E-state index is 0.363. The Balaban J connectivity index is 1.77. The van der Waals surface area contributed by atoms with Crippen LogP contribution in [-0.2, 0) is 6.54 Å². The van der Waals surface area contributed by atoms with Crippen molar-refractivity contribution in [3.63, 3.8) is 0 Å². The number of nitrogens with zero attached hydrogens (tertiary/aromatic N) is 4. The van der Waals surface area contributed by atoms with Crippen LogP contribution in [0, 0.1) is 24.4 Å². The van der Waals surface area contributed by atoms with Crippen molar-refractivity contribution in [2.45, 2.75) is 20.4 Å². The van der Waals surface area contributed by atoms with E-state index in [9.17, 15) is 0 Å². The van der Waals surface area contributed by atoms with Crippen molar-refractivity contribution in [3.8, 4) is 11.1 Å². The number of aryl methyl sites for hydroxylation is 2. The van der Waals surface area contributed by atoms with E-state index in [4.69, 9.17) is 16.7 Å². The van der Waals surface area contributed by atoms with Gasteiger partial charge in [-0.3, -0.25) is 9.97 Å².